The van der Waals surface area contributed by atoms with Gasteiger partial charge in [0.25, 0.3) is 0 Å². The Labute approximate surface area is 144 Å². The van der Waals surface area contributed by atoms with E-state index in [2.05, 4.69) is 6.92 Å². The lowest BCUT2D eigenvalue weighted by Gasteiger charge is -2.16. The lowest BCUT2D eigenvalue weighted by molar-refractivity contribution is 0.145. The summed E-state index contributed by atoms with van der Waals surface area (Å²) in [4.78, 5) is 0. The molecule has 0 amide bonds. The number of hydrogen-bond acceptors (Lipinski definition) is 2. The van der Waals surface area contributed by atoms with Crippen LogP contribution in [0.3, 0.4) is 0 Å². The molecular formula is C21H40O2. The minimum Gasteiger partial charge on any atom is -0.396 e. The third kappa shape index (κ3) is 7.13. The van der Waals surface area contributed by atoms with Gasteiger partial charge >= 0.3 is 0 Å². The summed E-state index contributed by atoms with van der Waals surface area (Å²) in [5.74, 6) is 0. The van der Waals surface area contributed by atoms with Crippen LogP contribution in [0.15, 0.2) is 0 Å². The van der Waals surface area contributed by atoms with Crippen molar-refractivity contribution < 1.29 is 10.2 Å². The normalized spacial score (nSPS) is 22.0. The highest BCUT2D eigenvalue weighted by molar-refractivity contribution is 4.93. The number of aliphatic hydroxyl groups is 2. The topological polar surface area (TPSA) is 40.5 Å². The van der Waals surface area contributed by atoms with Gasteiger partial charge in [0.2, 0.25) is 0 Å². The minimum absolute atomic E-state index is 0.0658. The van der Waals surface area contributed by atoms with E-state index in [0.717, 1.165) is 24.7 Å². The quantitative estimate of drug-likeness (QED) is 0.385. The van der Waals surface area contributed by atoms with E-state index in [1.165, 1.54) is 83.5 Å². The van der Waals surface area contributed by atoms with Crippen LogP contribution in [0.25, 0.3) is 0 Å². The Hall–Kier alpha value is -0.0800. The molecule has 2 rings (SSSR count). The first kappa shape index (κ1) is 19.2. The van der Waals surface area contributed by atoms with E-state index in [0.29, 0.717) is 12.0 Å². The largest absolute Gasteiger partial charge is 0.396 e. The summed E-state index contributed by atoms with van der Waals surface area (Å²) in [6.07, 6.45) is 20.3. The maximum Gasteiger partial charge on any atom is 0.0540 e. The molecule has 2 N–H and O–H groups in total. The van der Waals surface area contributed by atoms with Crippen LogP contribution in [0.2, 0.25) is 0 Å². The summed E-state index contributed by atoms with van der Waals surface area (Å²) >= 11 is 0. The monoisotopic (exact) mass is 324 g/mol. The highest BCUT2D eigenvalue weighted by Crippen LogP contribution is 2.54. The van der Waals surface area contributed by atoms with E-state index >= 15 is 0 Å². The van der Waals surface area contributed by atoms with Crippen molar-refractivity contribution in [2.45, 2.75) is 116 Å². The fourth-order valence-electron chi connectivity index (χ4n) is 4.49. The van der Waals surface area contributed by atoms with Crippen LogP contribution >= 0.6 is 0 Å². The zero-order valence-corrected chi connectivity index (χ0v) is 15.5. The second-order valence-corrected chi connectivity index (χ2v) is 8.72. The van der Waals surface area contributed by atoms with Gasteiger partial charge < -0.3 is 10.2 Å². The van der Waals surface area contributed by atoms with E-state index in [4.69, 9.17) is 5.11 Å². The van der Waals surface area contributed by atoms with Crippen molar-refractivity contribution in [2.24, 2.45) is 10.8 Å². The van der Waals surface area contributed by atoms with E-state index < -0.39 is 0 Å². The van der Waals surface area contributed by atoms with Gasteiger partial charge in [-0.25, -0.2) is 0 Å². The van der Waals surface area contributed by atoms with Gasteiger partial charge in [-0.2, -0.15) is 0 Å². The van der Waals surface area contributed by atoms with E-state index in [9.17, 15) is 5.11 Å². The Morgan fingerprint density at radius 2 is 1.22 bits per heavy atom. The van der Waals surface area contributed by atoms with Gasteiger partial charge in [0.1, 0.15) is 0 Å². The highest BCUT2D eigenvalue weighted by atomic mass is 16.3. The molecule has 1 atom stereocenters. The fraction of sp³-hybridized carbons (Fsp3) is 1.00. The first-order chi connectivity index (χ1) is 11.1. The van der Waals surface area contributed by atoms with Gasteiger partial charge in [-0.15, -0.1) is 0 Å². The smallest absolute Gasteiger partial charge is 0.0540 e. The molecule has 0 aromatic carbocycles. The summed E-state index contributed by atoms with van der Waals surface area (Å²) < 4.78 is 0. The van der Waals surface area contributed by atoms with E-state index in [1.807, 2.05) is 0 Å². The molecule has 0 aromatic heterocycles. The summed E-state index contributed by atoms with van der Waals surface area (Å²) in [6, 6.07) is 0. The van der Waals surface area contributed by atoms with Gasteiger partial charge in [0, 0.05) is 6.61 Å². The molecule has 2 saturated carbocycles. The molecule has 2 nitrogen and oxygen atoms in total. The van der Waals surface area contributed by atoms with Crippen molar-refractivity contribution in [2.75, 3.05) is 6.61 Å². The third-order valence-corrected chi connectivity index (χ3v) is 6.55. The molecule has 0 spiro atoms. The highest BCUT2D eigenvalue weighted by Gasteiger charge is 2.41. The van der Waals surface area contributed by atoms with Crippen LogP contribution in [-0.2, 0) is 0 Å². The minimum atomic E-state index is -0.0658. The van der Waals surface area contributed by atoms with Crippen LogP contribution in [0, 0.1) is 10.8 Å². The van der Waals surface area contributed by atoms with Crippen molar-refractivity contribution in [3.8, 4) is 0 Å². The molecule has 0 bridgehead atoms. The SMILES string of the molecule is CCCC1(CCCCC(O)CCCCC2(CCCO)CC2)CC1. The van der Waals surface area contributed by atoms with Gasteiger partial charge in [-0.1, -0.05) is 39.0 Å². The van der Waals surface area contributed by atoms with Crippen LogP contribution in [0.1, 0.15) is 110 Å². The molecule has 0 radical (unpaired) electrons. The maximum absolute atomic E-state index is 10.2. The predicted octanol–water partition coefficient (Wildman–Crippen LogP) is 5.60. The van der Waals surface area contributed by atoms with Crippen molar-refractivity contribution >= 4 is 0 Å². The summed E-state index contributed by atoms with van der Waals surface area (Å²) in [6.45, 7) is 2.65. The van der Waals surface area contributed by atoms with Crippen molar-refractivity contribution in [1.82, 2.24) is 0 Å². The second kappa shape index (κ2) is 9.42. The summed E-state index contributed by atoms with van der Waals surface area (Å²) in [5.41, 5.74) is 1.32. The first-order valence-electron chi connectivity index (χ1n) is 10.4. The van der Waals surface area contributed by atoms with Gasteiger partial charge in [0.15, 0.2) is 0 Å². The maximum atomic E-state index is 10.2. The fourth-order valence-corrected chi connectivity index (χ4v) is 4.49. The number of unbranched alkanes of at least 4 members (excludes halogenated alkanes) is 2. The Morgan fingerprint density at radius 3 is 1.65 bits per heavy atom. The Bertz CT molecular complexity index is 318. The first-order valence-corrected chi connectivity index (χ1v) is 10.4. The molecule has 0 saturated heterocycles. The molecule has 0 aromatic rings. The van der Waals surface area contributed by atoms with Gasteiger partial charge in [-0.05, 0) is 81.5 Å². The molecule has 1 unspecified atom stereocenters. The van der Waals surface area contributed by atoms with E-state index in [-0.39, 0.29) is 6.10 Å². The molecule has 2 aliphatic rings. The van der Waals surface area contributed by atoms with Crippen LogP contribution < -0.4 is 0 Å². The number of aliphatic hydroxyl groups excluding tert-OH is 2. The average Bonchev–Trinajstić information content (AvgIpc) is 3.45. The van der Waals surface area contributed by atoms with Gasteiger partial charge in [0.05, 0.1) is 6.10 Å². The van der Waals surface area contributed by atoms with Crippen molar-refractivity contribution in [3.63, 3.8) is 0 Å². The standard InChI is InChI=1S/C21H40O2/c1-2-10-20(14-15-20)11-5-3-8-19(23)9-4-6-12-21(16-17-21)13-7-18-22/h19,22-23H,2-18H2,1H3. The van der Waals surface area contributed by atoms with Crippen LogP contribution in [-0.4, -0.2) is 22.9 Å². The number of rotatable bonds is 15. The Kier molecular flexibility index (Phi) is 7.88. The third-order valence-electron chi connectivity index (χ3n) is 6.55. The molecule has 23 heavy (non-hydrogen) atoms. The van der Waals surface area contributed by atoms with Crippen molar-refractivity contribution in [1.29, 1.82) is 0 Å². The molecule has 0 aliphatic heterocycles. The molecule has 2 heteroatoms. The lowest BCUT2D eigenvalue weighted by Crippen LogP contribution is -2.08. The van der Waals surface area contributed by atoms with Crippen molar-refractivity contribution in [3.05, 3.63) is 0 Å². The molecule has 136 valence electrons. The van der Waals surface area contributed by atoms with Crippen LogP contribution in [0.4, 0.5) is 0 Å². The molecule has 2 fully saturated rings. The Balaban J connectivity index is 1.42. The zero-order chi connectivity index (χ0) is 16.6. The lowest BCUT2D eigenvalue weighted by atomic mass is 9.91. The molecule has 0 heterocycles. The predicted molar refractivity (Wildman–Crippen MR) is 97.5 cm³/mol. The second-order valence-electron chi connectivity index (χ2n) is 8.72. The molecular weight excluding hydrogens is 284 g/mol. The molecule has 2 aliphatic carbocycles. The Morgan fingerprint density at radius 1 is 0.739 bits per heavy atom. The van der Waals surface area contributed by atoms with Crippen LogP contribution in [0.5, 0.6) is 0 Å². The van der Waals surface area contributed by atoms with Gasteiger partial charge in [-0.3, -0.25) is 0 Å². The number of hydrogen-bond donors (Lipinski definition) is 2. The average molecular weight is 325 g/mol. The summed E-state index contributed by atoms with van der Waals surface area (Å²) in [5, 5.41) is 19.1. The van der Waals surface area contributed by atoms with E-state index in [1.54, 1.807) is 0 Å². The zero-order valence-electron chi connectivity index (χ0n) is 15.5. The summed E-state index contributed by atoms with van der Waals surface area (Å²) in [7, 11) is 0.